The molecule has 2 saturated heterocycles. The summed E-state index contributed by atoms with van der Waals surface area (Å²) in [4.78, 5) is 16.9. The minimum absolute atomic E-state index is 0.188. The third-order valence-electron chi connectivity index (χ3n) is 5.22. The van der Waals surface area contributed by atoms with E-state index in [4.69, 9.17) is 16.3 Å². The molecule has 1 spiro atoms. The lowest BCUT2D eigenvalue weighted by molar-refractivity contribution is -0.128. The van der Waals surface area contributed by atoms with Gasteiger partial charge in [0.2, 0.25) is 5.91 Å². The van der Waals surface area contributed by atoms with E-state index in [1.807, 2.05) is 29.2 Å². The topological polar surface area (TPSA) is 32.8 Å². The van der Waals surface area contributed by atoms with E-state index in [9.17, 15) is 4.79 Å². The van der Waals surface area contributed by atoms with Crippen molar-refractivity contribution in [2.24, 2.45) is 5.41 Å². The fraction of sp³-hybridized carbons (Fsp3) is 0.611. The van der Waals surface area contributed by atoms with E-state index in [1.165, 1.54) is 0 Å². The van der Waals surface area contributed by atoms with Crippen LogP contribution in [0.4, 0.5) is 0 Å². The first-order valence-corrected chi connectivity index (χ1v) is 8.72. The van der Waals surface area contributed by atoms with Crippen molar-refractivity contribution in [2.45, 2.75) is 25.8 Å². The molecule has 0 aromatic heterocycles. The molecule has 1 aromatic carbocycles. The molecule has 0 atom stereocenters. The minimum atomic E-state index is 0.188. The molecule has 2 fully saturated rings. The van der Waals surface area contributed by atoms with Crippen LogP contribution in [0.15, 0.2) is 24.3 Å². The summed E-state index contributed by atoms with van der Waals surface area (Å²) >= 11 is 5.93. The molecule has 4 nitrogen and oxygen atoms in total. The predicted octanol–water partition coefficient (Wildman–Crippen LogP) is 2.80. The molecule has 5 heteroatoms. The molecule has 0 bridgehead atoms. The Morgan fingerprint density at radius 2 is 1.91 bits per heavy atom. The molecule has 0 aliphatic carbocycles. The largest absolute Gasteiger partial charge is 0.383 e. The number of methoxy groups -OCH3 is 1. The van der Waals surface area contributed by atoms with Crippen LogP contribution >= 0.6 is 11.6 Å². The van der Waals surface area contributed by atoms with Crippen LogP contribution < -0.4 is 0 Å². The number of carbonyl (C=O) groups excluding carboxylic acids is 1. The first-order chi connectivity index (χ1) is 11.1. The highest BCUT2D eigenvalue weighted by molar-refractivity contribution is 6.30. The van der Waals surface area contributed by atoms with E-state index in [-0.39, 0.29) is 5.41 Å². The van der Waals surface area contributed by atoms with Crippen LogP contribution in [0.2, 0.25) is 5.02 Å². The summed E-state index contributed by atoms with van der Waals surface area (Å²) < 4.78 is 5.16. The lowest BCUT2D eigenvalue weighted by Crippen LogP contribution is -2.42. The number of amides is 1. The molecule has 1 aromatic rings. The Labute approximate surface area is 143 Å². The SMILES string of the molecule is COCCN1CCC2(CC1)CC(=O)N(Cc1ccc(Cl)cc1)C2. The van der Waals surface area contributed by atoms with Crippen molar-refractivity contribution in [3.63, 3.8) is 0 Å². The van der Waals surface area contributed by atoms with Gasteiger partial charge in [-0.05, 0) is 49.0 Å². The molecule has 0 N–H and O–H groups in total. The molecular weight excluding hydrogens is 312 g/mol. The predicted molar refractivity (Wildman–Crippen MR) is 91.5 cm³/mol. The van der Waals surface area contributed by atoms with Crippen molar-refractivity contribution in [1.82, 2.24) is 9.80 Å². The maximum Gasteiger partial charge on any atom is 0.223 e. The average molecular weight is 337 g/mol. The van der Waals surface area contributed by atoms with Crippen molar-refractivity contribution in [1.29, 1.82) is 0 Å². The van der Waals surface area contributed by atoms with Crippen molar-refractivity contribution in [2.75, 3.05) is 39.9 Å². The Bertz CT molecular complexity index is 538. The second-order valence-corrected chi connectivity index (χ2v) is 7.32. The Morgan fingerprint density at radius 3 is 2.57 bits per heavy atom. The summed E-state index contributed by atoms with van der Waals surface area (Å²) in [5, 5.41) is 0.737. The number of nitrogens with zero attached hydrogens (tertiary/aromatic N) is 2. The van der Waals surface area contributed by atoms with E-state index in [0.29, 0.717) is 18.9 Å². The zero-order valence-corrected chi connectivity index (χ0v) is 14.5. The number of ether oxygens (including phenoxy) is 1. The van der Waals surface area contributed by atoms with Crippen molar-refractivity contribution >= 4 is 17.5 Å². The fourth-order valence-electron chi connectivity index (χ4n) is 3.74. The van der Waals surface area contributed by atoms with Gasteiger partial charge in [0.05, 0.1) is 6.61 Å². The van der Waals surface area contributed by atoms with Crippen molar-refractivity contribution < 1.29 is 9.53 Å². The zero-order chi connectivity index (χ0) is 16.3. The molecule has 2 aliphatic heterocycles. The van der Waals surface area contributed by atoms with Crippen LogP contribution in [0.25, 0.3) is 0 Å². The van der Waals surface area contributed by atoms with Gasteiger partial charge in [-0.3, -0.25) is 4.79 Å². The Balaban J connectivity index is 1.56. The maximum absolute atomic E-state index is 12.4. The second kappa shape index (κ2) is 7.20. The van der Waals surface area contributed by atoms with Crippen LogP contribution in [0.3, 0.4) is 0 Å². The molecule has 3 rings (SSSR count). The molecule has 126 valence electrons. The molecule has 2 aliphatic rings. The van der Waals surface area contributed by atoms with Gasteiger partial charge in [0, 0.05) is 38.2 Å². The zero-order valence-electron chi connectivity index (χ0n) is 13.8. The first-order valence-electron chi connectivity index (χ1n) is 8.34. The Hall–Kier alpha value is -1.10. The number of piperidine rings is 1. The highest BCUT2D eigenvalue weighted by atomic mass is 35.5. The number of rotatable bonds is 5. The van der Waals surface area contributed by atoms with Gasteiger partial charge in [0.1, 0.15) is 0 Å². The van der Waals surface area contributed by atoms with E-state index in [1.54, 1.807) is 7.11 Å². The molecule has 2 heterocycles. The summed E-state index contributed by atoms with van der Waals surface area (Å²) in [5.74, 6) is 0.297. The highest BCUT2D eigenvalue weighted by Gasteiger charge is 2.44. The first kappa shape index (κ1) is 16.7. The highest BCUT2D eigenvalue weighted by Crippen LogP contribution is 2.41. The van der Waals surface area contributed by atoms with Gasteiger partial charge >= 0.3 is 0 Å². The third-order valence-corrected chi connectivity index (χ3v) is 5.47. The Kier molecular flexibility index (Phi) is 5.24. The molecule has 1 amide bonds. The van der Waals surface area contributed by atoms with Crippen molar-refractivity contribution in [3.8, 4) is 0 Å². The number of benzene rings is 1. The normalized spacial score (nSPS) is 21.3. The minimum Gasteiger partial charge on any atom is -0.383 e. The van der Waals surface area contributed by atoms with Crippen LogP contribution in [0.5, 0.6) is 0 Å². The van der Waals surface area contributed by atoms with E-state index < -0.39 is 0 Å². The molecule has 23 heavy (non-hydrogen) atoms. The van der Waals surface area contributed by atoms with E-state index >= 15 is 0 Å². The van der Waals surface area contributed by atoms with Crippen LogP contribution in [0.1, 0.15) is 24.8 Å². The summed E-state index contributed by atoms with van der Waals surface area (Å²) in [7, 11) is 1.75. The summed E-state index contributed by atoms with van der Waals surface area (Å²) in [5.41, 5.74) is 1.34. The number of halogens is 1. The summed E-state index contributed by atoms with van der Waals surface area (Å²) in [6, 6.07) is 7.80. The number of hydrogen-bond donors (Lipinski definition) is 0. The molecule has 0 unspecified atom stereocenters. The van der Waals surface area contributed by atoms with Crippen LogP contribution in [-0.2, 0) is 16.1 Å². The second-order valence-electron chi connectivity index (χ2n) is 6.89. The van der Waals surface area contributed by atoms with Gasteiger partial charge in [-0.1, -0.05) is 23.7 Å². The summed E-state index contributed by atoms with van der Waals surface area (Å²) in [6.07, 6.45) is 2.93. The molecule has 0 saturated carbocycles. The average Bonchev–Trinajstić information content (AvgIpc) is 2.85. The van der Waals surface area contributed by atoms with E-state index in [0.717, 1.165) is 56.2 Å². The Morgan fingerprint density at radius 1 is 1.22 bits per heavy atom. The lowest BCUT2D eigenvalue weighted by Gasteiger charge is -2.38. The van der Waals surface area contributed by atoms with Gasteiger partial charge in [0.15, 0.2) is 0 Å². The third kappa shape index (κ3) is 4.06. The smallest absolute Gasteiger partial charge is 0.223 e. The quantitative estimate of drug-likeness (QED) is 0.829. The molecule has 0 radical (unpaired) electrons. The standard InChI is InChI=1S/C18H25ClN2O2/c1-23-11-10-20-8-6-18(7-9-20)12-17(22)21(14-18)13-15-2-4-16(19)5-3-15/h2-5H,6-14H2,1H3. The lowest BCUT2D eigenvalue weighted by atomic mass is 9.77. The monoisotopic (exact) mass is 336 g/mol. The van der Waals surface area contributed by atoms with Gasteiger partial charge < -0.3 is 14.5 Å². The van der Waals surface area contributed by atoms with Gasteiger partial charge in [0.25, 0.3) is 0 Å². The fourth-order valence-corrected chi connectivity index (χ4v) is 3.87. The van der Waals surface area contributed by atoms with Crippen LogP contribution in [0, 0.1) is 5.41 Å². The van der Waals surface area contributed by atoms with Gasteiger partial charge in [-0.2, -0.15) is 0 Å². The van der Waals surface area contributed by atoms with Crippen molar-refractivity contribution in [3.05, 3.63) is 34.9 Å². The van der Waals surface area contributed by atoms with Gasteiger partial charge in [-0.15, -0.1) is 0 Å². The maximum atomic E-state index is 12.4. The summed E-state index contributed by atoms with van der Waals surface area (Å²) in [6.45, 7) is 5.53. The van der Waals surface area contributed by atoms with Gasteiger partial charge in [-0.25, -0.2) is 0 Å². The molecular formula is C18H25ClN2O2. The van der Waals surface area contributed by atoms with Crippen LogP contribution in [-0.4, -0.2) is 55.6 Å². The number of carbonyl (C=O) groups is 1. The van der Waals surface area contributed by atoms with E-state index in [2.05, 4.69) is 4.90 Å². The number of likely N-dealkylation sites (tertiary alicyclic amines) is 2. The number of hydrogen-bond acceptors (Lipinski definition) is 3.